The summed E-state index contributed by atoms with van der Waals surface area (Å²) in [6.07, 6.45) is -2.43. The van der Waals surface area contributed by atoms with Crippen molar-refractivity contribution in [2.45, 2.75) is 6.18 Å². The summed E-state index contributed by atoms with van der Waals surface area (Å²) in [5.74, 6) is -1.56. The van der Waals surface area contributed by atoms with Crippen molar-refractivity contribution in [3.05, 3.63) is 34.8 Å². The molecule has 0 amide bonds. The minimum absolute atomic E-state index is 0.0296. The number of hydrogen-bond acceptors (Lipinski definition) is 4. The zero-order valence-corrected chi connectivity index (χ0v) is 7.08. The van der Waals surface area contributed by atoms with Gasteiger partial charge in [-0.15, -0.1) is 0 Å². The second-order valence-electron chi connectivity index (χ2n) is 2.70. The Balaban J connectivity index is 2.79. The van der Waals surface area contributed by atoms with Crippen LogP contribution in [0, 0.1) is 0 Å². The van der Waals surface area contributed by atoms with Crippen molar-refractivity contribution in [1.29, 1.82) is 0 Å². The largest absolute Gasteiger partial charge is 0.469 e. The van der Waals surface area contributed by atoms with Gasteiger partial charge in [0.05, 0.1) is 17.1 Å². The summed E-state index contributed by atoms with van der Waals surface area (Å²) in [4.78, 5) is 17.8. The quantitative estimate of drug-likeness (QED) is 0.671. The number of fused-ring (bicyclic) bond motifs is 1. The van der Waals surface area contributed by atoms with Crippen molar-refractivity contribution in [2.24, 2.45) is 0 Å². The van der Waals surface area contributed by atoms with Crippen LogP contribution in [0.4, 0.5) is 13.2 Å². The van der Waals surface area contributed by atoms with E-state index in [4.69, 9.17) is 0 Å². The fourth-order valence-corrected chi connectivity index (χ4v) is 1.04. The standard InChI is InChI=1S/C8H3F3N2O2/c9-8(10,11)7-13-5-3-12-2-1-4(5)6(14)15-7/h1-3H. The highest BCUT2D eigenvalue weighted by atomic mass is 19.4. The van der Waals surface area contributed by atoms with E-state index < -0.39 is 17.7 Å². The predicted molar refractivity (Wildman–Crippen MR) is 43.1 cm³/mol. The molecule has 0 spiro atoms. The molecule has 0 atom stereocenters. The highest BCUT2D eigenvalue weighted by molar-refractivity contribution is 5.75. The molecule has 0 aliphatic heterocycles. The number of aromatic nitrogens is 2. The smallest absolute Gasteiger partial charge is 0.398 e. The van der Waals surface area contributed by atoms with Gasteiger partial charge in [-0.25, -0.2) is 9.78 Å². The normalized spacial score (nSPS) is 11.9. The summed E-state index contributed by atoms with van der Waals surface area (Å²) in [7, 11) is 0. The molecule has 2 aromatic rings. The van der Waals surface area contributed by atoms with Crippen LogP contribution in [-0.4, -0.2) is 9.97 Å². The molecule has 15 heavy (non-hydrogen) atoms. The molecule has 2 aromatic heterocycles. The van der Waals surface area contributed by atoms with Gasteiger partial charge in [-0.1, -0.05) is 0 Å². The van der Waals surface area contributed by atoms with Crippen molar-refractivity contribution < 1.29 is 17.6 Å². The molecule has 0 fully saturated rings. The van der Waals surface area contributed by atoms with E-state index in [1.807, 2.05) is 0 Å². The van der Waals surface area contributed by atoms with Crippen LogP contribution < -0.4 is 5.63 Å². The molecule has 0 aromatic carbocycles. The fourth-order valence-electron chi connectivity index (χ4n) is 1.04. The number of hydrogen-bond donors (Lipinski definition) is 0. The van der Waals surface area contributed by atoms with Crippen LogP contribution in [0.5, 0.6) is 0 Å². The second kappa shape index (κ2) is 3.04. The van der Waals surface area contributed by atoms with E-state index in [2.05, 4.69) is 14.4 Å². The van der Waals surface area contributed by atoms with Crippen LogP contribution in [0.2, 0.25) is 0 Å². The summed E-state index contributed by atoms with van der Waals surface area (Å²) in [6, 6.07) is 1.24. The molecule has 0 aliphatic carbocycles. The minimum atomic E-state index is -4.77. The lowest BCUT2D eigenvalue weighted by Crippen LogP contribution is -2.13. The minimum Gasteiger partial charge on any atom is -0.398 e. The Morgan fingerprint density at radius 2 is 2.07 bits per heavy atom. The maximum absolute atomic E-state index is 12.2. The van der Waals surface area contributed by atoms with Crippen LogP contribution in [0.25, 0.3) is 10.9 Å². The summed E-state index contributed by atoms with van der Waals surface area (Å²) in [5, 5.41) is -0.0296. The lowest BCUT2D eigenvalue weighted by Gasteiger charge is -2.03. The van der Waals surface area contributed by atoms with E-state index in [0.29, 0.717) is 0 Å². The highest BCUT2D eigenvalue weighted by Crippen LogP contribution is 2.27. The molecule has 0 N–H and O–H groups in total. The molecule has 4 nitrogen and oxygen atoms in total. The van der Waals surface area contributed by atoms with Gasteiger partial charge in [0.15, 0.2) is 0 Å². The first-order valence-electron chi connectivity index (χ1n) is 3.80. The van der Waals surface area contributed by atoms with Gasteiger partial charge in [0.1, 0.15) is 0 Å². The third kappa shape index (κ3) is 1.67. The molecular weight excluding hydrogens is 213 g/mol. The van der Waals surface area contributed by atoms with Crippen molar-refractivity contribution in [3.63, 3.8) is 0 Å². The van der Waals surface area contributed by atoms with E-state index in [9.17, 15) is 18.0 Å². The molecular formula is C8H3F3N2O2. The number of nitrogens with zero attached hydrogens (tertiary/aromatic N) is 2. The van der Waals surface area contributed by atoms with Gasteiger partial charge >= 0.3 is 17.7 Å². The summed E-state index contributed by atoms with van der Waals surface area (Å²) in [6.45, 7) is 0. The Labute approximate surface area is 80.4 Å². The van der Waals surface area contributed by atoms with E-state index >= 15 is 0 Å². The van der Waals surface area contributed by atoms with E-state index in [1.165, 1.54) is 12.3 Å². The van der Waals surface area contributed by atoms with Gasteiger partial charge in [0.2, 0.25) is 0 Å². The average molecular weight is 216 g/mol. The van der Waals surface area contributed by atoms with Crippen molar-refractivity contribution >= 4 is 10.9 Å². The molecule has 2 rings (SSSR count). The van der Waals surface area contributed by atoms with Crippen LogP contribution in [0.3, 0.4) is 0 Å². The zero-order valence-electron chi connectivity index (χ0n) is 7.08. The van der Waals surface area contributed by atoms with E-state index in [0.717, 1.165) is 6.20 Å². The van der Waals surface area contributed by atoms with Crippen molar-refractivity contribution in [1.82, 2.24) is 9.97 Å². The molecule has 0 aliphatic rings. The van der Waals surface area contributed by atoms with Gasteiger partial charge in [-0.05, 0) is 6.07 Å². The second-order valence-corrected chi connectivity index (χ2v) is 2.70. The van der Waals surface area contributed by atoms with Crippen LogP contribution in [-0.2, 0) is 6.18 Å². The first-order valence-corrected chi connectivity index (χ1v) is 3.80. The number of alkyl halides is 3. The Morgan fingerprint density at radius 1 is 1.33 bits per heavy atom. The van der Waals surface area contributed by atoms with Gasteiger partial charge in [-0.2, -0.15) is 13.2 Å². The maximum Gasteiger partial charge on any atom is 0.469 e. The lowest BCUT2D eigenvalue weighted by molar-refractivity contribution is -0.158. The van der Waals surface area contributed by atoms with E-state index in [1.54, 1.807) is 0 Å². The molecule has 0 saturated carbocycles. The SMILES string of the molecule is O=c1oc(C(F)(F)F)nc2cnccc12. The Morgan fingerprint density at radius 3 is 2.73 bits per heavy atom. The molecule has 0 radical (unpaired) electrons. The highest BCUT2D eigenvalue weighted by Gasteiger charge is 2.37. The van der Waals surface area contributed by atoms with Crippen molar-refractivity contribution in [2.75, 3.05) is 0 Å². The summed E-state index contributed by atoms with van der Waals surface area (Å²) < 4.78 is 40.6. The van der Waals surface area contributed by atoms with Gasteiger partial charge in [0.25, 0.3) is 0 Å². The number of rotatable bonds is 0. The van der Waals surface area contributed by atoms with Gasteiger partial charge in [-0.3, -0.25) is 4.98 Å². The van der Waals surface area contributed by atoms with E-state index in [-0.39, 0.29) is 10.9 Å². The Kier molecular flexibility index (Phi) is 1.95. The Hall–Kier alpha value is -1.92. The molecule has 2 heterocycles. The Bertz CT molecular complexity index is 562. The van der Waals surface area contributed by atoms with Crippen LogP contribution in [0.15, 0.2) is 27.7 Å². The average Bonchev–Trinajstić information content (AvgIpc) is 2.16. The van der Waals surface area contributed by atoms with Gasteiger partial charge < -0.3 is 4.42 Å². The zero-order chi connectivity index (χ0) is 11.1. The summed E-state index contributed by atoms with van der Waals surface area (Å²) in [5.41, 5.74) is -1.21. The molecule has 0 bridgehead atoms. The first kappa shape index (κ1) is 9.63. The molecule has 78 valence electrons. The number of halogens is 3. The third-order valence-corrected chi connectivity index (χ3v) is 1.67. The fraction of sp³-hybridized carbons (Fsp3) is 0.125. The monoisotopic (exact) mass is 216 g/mol. The maximum atomic E-state index is 12.2. The van der Waals surface area contributed by atoms with Crippen molar-refractivity contribution in [3.8, 4) is 0 Å². The topological polar surface area (TPSA) is 56.0 Å². The lowest BCUT2D eigenvalue weighted by atomic mass is 10.3. The molecule has 0 unspecified atom stereocenters. The number of pyridine rings is 1. The third-order valence-electron chi connectivity index (χ3n) is 1.67. The van der Waals surface area contributed by atoms with Gasteiger partial charge in [0, 0.05) is 6.20 Å². The molecule has 0 saturated heterocycles. The van der Waals surface area contributed by atoms with Crippen LogP contribution in [0.1, 0.15) is 5.89 Å². The first-order chi connectivity index (χ1) is 6.98. The molecule has 7 heteroatoms. The predicted octanol–water partition coefficient (Wildman–Crippen LogP) is 1.60. The van der Waals surface area contributed by atoms with Crippen LogP contribution >= 0.6 is 0 Å². The summed E-state index contributed by atoms with van der Waals surface area (Å²) >= 11 is 0.